The molecule has 25 heavy (non-hydrogen) atoms. The summed E-state index contributed by atoms with van der Waals surface area (Å²) in [6, 6.07) is 10.3. The fourth-order valence-electron chi connectivity index (χ4n) is 4.19. The highest BCUT2D eigenvalue weighted by atomic mass is 32.1. The minimum absolute atomic E-state index is 0.567. The molecule has 1 N–H and O–H groups in total. The van der Waals surface area contributed by atoms with Crippen molar-refractivity contribution in [2.45, 2.75) is 31.3 Å². The topological polar surface area (TPSA) is 39.6 Å². The molecule has 4 nitrogen and oxygen atoms in total. The molecule has 3 heterocycles. The van der Waals surface area contributed by atoms with Crippen molar-refractivity contribution in [1.82, 2.24) is 9.88 Å². The van der Waals surface area contributed by atoms with Crippen molar-refractivity contribution in [3.8, 4) is 0 Å². The minimum atomic E-state index is -0.567. The van der Waals surface area contributed by atoms with Gasteiger partial charge in [0, 0.05) is 43.8 Å². The number of thiophene rings is 1. The molecule has 0 bridgehead atoms. The Balaban J connectivity index is 1.25. The lowest BCUT2D eigenvalue weighted by molar-refractivity contribution is -0.0155. The largest absolute Gasteiger partial charge is 0.384 e. The zero-order valence-electron chi connectivity index (χ0n) is 14.7. The summed E-state index contributed by atoms with van der Waals surface area (Å²) in [5.41, 5.74) is -0.567. The second-order valence-corrected chi connectivity index (χ2v) is 8.38. The number of rotatable bonds is 4. The lowest BCUT2D eigenvalue weighted by Crippen LogP contribution is -2.48. The van der Waals surface area contributed by atoms with E-state index in [9.17, 15) is 5.11 Å². The molecule has 0 radical (unpaired) electrons. The summed E-state index contributed by atoms with van der Waals surface area (Å²) in [5.74, 6) is 1.82. The summed E-state index contributed by atoms with van der Waals surface area (Å²) < 4.78 is 0. The van der Waals surface area contributed by atoms with Crippen LogP contribution in [0.3, 0.4) is 0 Å². The second kappa shape index (κ2) is 7.44. The highest BCUT2D eigenvalue weighted by Crippen LogP contribution is 2.41. The summed E-state index contributed by atoms with van der Waals surface area (Å²) in [4.78, 5) is 10.6. The zero-order chi connectivity index (χ0) is 17.1. The van der Waals surface area contributed by atoms with Gasteiger partial charge in [0.15, 0.2) is 0 Å². The molecule has 1 aliphatic carbocycles. The Morgan fingerprint density at radius 3 is 2.52 bits per heavy atom. The first-order valence-electron chi connectivity index (χ1n) is 9.38. The smallest absolute Gasteiger partial charge is 0.128 e. The Hall–Kier alpha value is -1.43. The van der Waals surface area contributed by atoms with Gasteiger partial charge in [-0.25, -0.2) is 4.98 Å². The van der Waals surface area contributed by atoms with Crippen LogP contribution in [0.5, 0.6) is 0 Å². The molecule has 2 aromatic heterocycles. The molecule has 0 atom stereocenters. The molecule has 0 spiro atoms. The summed E-state index contributed by atoms with van der Waals surface area (Å²) in [6.45, 7) is 5.52. The highest BCUT2D eigenvalue weighted by Gasteiger charge is 2.36. The van der Waals surface area contributed by atoms with Gasteiger partial charge in [0.1, 0.15) is 5.82 Å². The summed E-state index contributed by atoms with van der Waals surface area (Å²) in [5, 5.41) is 13.0. The van der Waals surface area contributed by atoms with Crippen LogP contribution in [0.1, 0.15) is 30.6 Å². The Labute approximate surface area is 154 Å². The number of aliphatic hydroxyl groups is 1. The van der Waals surface area contributed by atoms with Gasteiger partial charge in [-0.05, 0) is 55.2 Å². The molecular weight excluding hydrogens is 330 g/mol. The van der Waals surface area contributed by atoms with Crippen molar-refractivity contribution in [3.63, 3.8) is 0 Å². The first kappa shape index (κ1) is 17.0. The van der Waals surface area contributed by atoms with Crippen LogP contribution in [-0.2, 0) is 5.60 Å². The third-order valence-corrected chi connectivity index (χ3v) is 6.84. The van der Waals surface area contributed by atoms with Gasteiger partial charge in [0.2, 0.25) is 0 Å². The molecule has 0 unspecified atom stereocenters. The SMILES string of the molecule is O[C@]1(c2cccs2)CC[C@H](CN2CCN(c3ccccn3)CC2)CC1. The van der Waals surface area contributed by atoms with Gasteiger partial charge in [-0.15, -0.1) is 11.3 Å². The van der Waals surface area contributed by atoms with E-state index in [2.05, 4.69) is 38.4 Å². The normalized spacial score (nSPS) is 28.2. The summed E-state index contributed by atoms with van der Waals surface area (Å²) in [7, 11) is 0. The van der Waals surface area contributed by atoms with Crippen molar-refractivity contribution >= 4 is 17.2 Å². The van der Waals surface area contributed by atoms with E-state index in [1.165, 1.54) is 6.54 Å². The van der Waals surface area contributed by atoms with Gasteiger partial charge < -0.3 is 10.0 Å². The van der Waals surface area contributed by atoms with E-state index in [1.807, 2.05) is 18.3 Å². The van der Waals surface area contributed by atoms with Crippen LogP contribution in [0.25, 0.3) is 0 Å². The van der Waals surface area contributed by atoms with Crippen molar-refractivity contribution in [2.75, 3.05) is 37.6 Å². The van der Waals surface area contributed by atoms with E-state index in [0.717, 1.165) is 68.5 Å². The van der Waals surface area contributed by atoms with Crippen molar-refractivity contribution < 1.29 is 5.11 Å². The van der Waals surface area contributed by atoms with E-state index in [4.69, 9.17) is 0 Å². The predicted molar refractivity (Wildman–Crippen MR) is 103 cm³/mol. The number of anilines is 1. The van der Waals surface area contributed by atoms with E-state index in [-0.39, 0.29) is 0 Å². The lowest BCUT2D eigenvalue weighted by Gasteiger charge is -2.40. The van der Waals surface area contributed by atoms with Gasteiger partial charge >= 0.3 is 0 Å². The van der Waals surface area contributed by atoms with Crippen LogP contribution < -0.4 is 4.90 Å². The molecule has 2 aromatic rings. The molecule has 4 rings (SSSR count). The molecule has 1 aliphatic heterocycles. The number of aromatic nitrogens is 1. The first-order valence-corrected chi connectivity index (χ1v) is 10.3. The maximum atomic E-state index is 10.9. The molecule has 1 saturated carbocycles. The highest BCUT2D eigenvalue weighted by molar-refractivity contribution is 7.10. The van der Waals surface area contributed by atoms with Crippen LogP contribution in [0.15, 0.2) is 41.9 Å². The third kappa shape index (κ3) is 3.89. The molecule has 2 fully saturated rings. The van der Waals surface area contributed by atoms with Crippen LogP contribution in [0.4, 0.5) is 5.82 Å². The third-order valence-electron chi connectivity index (χ3n) is 5.77. The van der Waals surface area contributed by atoms with Gasteiger partial charge in [-0.3, -0.25) is 4.90 Å². The van der Waals surface area contributed by atoms with Crippen LogP contribution in [-0.4, -0.2) is 47.7 Å². The maximum absolute atomic E-state index is 10.9. The Bertz CT molecular complexity index is 645. The maximum Gasteiger partial charge on any atom is 0.128 e. The first-order chi connectivity index (χ1) is 12.2. The van der Waals surface area contributed by atoms with Crippen molar-refractivity contribution in [2.24, 2.45) is 5.92 Å². The van der Waals surface area contributed by atoms with Crippen molar-refractivity contribution in [1.29, 1.82) is 0 Å². The Morgan fingerprint density at radius 2 is 1.88 bits per heavy atom. The molecule has 5 heteroatoms. The van der Waals surface area contributed by atoms with Crippen LogP contribution in [0.2, 0.25) is 0 Å². The fraction of sp³-hybridized carbons (Fsp3) is 0.550. The Morgan fingerprint density at radius 1 is 1.08 bits per heavy atom. The monoisotopic (exact) mass is 357 g/mol. The molecule has 134 valence electrons. The molecule has 0 amide bonds. The fourth-order valence-corrected chi connectivity index (χ4v) is 5.08. The predicted octanol–water partition coefficient (Wildman–Crippen LogP) is 3.34. The van der Waals surface area contributed by atoms with Crippen molar-refractivity contribution in [3.05, 3.63) is 46.8 Å². The molecular formula is C20H27N3OS. The van der Waals surface area contributed by atoms with Gasteiger partial charge in [0.05, 0.1) is 5.60 Å². The number of hydrogen-bond acceptors (Lipinski definition) is 5. The van der Waals surface area contributed by atoms with Gasteiger partial charge in [0.25, 0.3) is 0 Å². The average Bonchev–Trinajstić information content (AvgIpc) is 3.21. The number of piperazine rings is 1. The standard InChI is InChI=1S/C20H27N3OS/c24-20(18-4-3-15-25-18)8-6-17(7-9-20)16-22-11-13-23(14-12-22)19-5-1-2-10-21-19/h1-5,10,15,17,24H,6-9,11-14,16H2/t17-,20+. The Kier molecular flexibility index (Phi) is 5.06. The van der Waals surface area contributed by atoms with Gasteiger partial charge in [-0.1, -0.05) is 12.1 Å². The summed E-state index contributed by atoms with van der Waals surface area (Å²) >= 11 is 1.69. The van der Waals surface area contributed by atoms with E-state index in [1.54, 1.807) is 11.3 Å². The molecule has 1 saturated heterocycles. The van der Waals surface area contributed by atoms with Gasteiger partial charge in [-0.2, -0.15) is 0 Å². The molecule has 2 aliphatic rings. The van der Waals surface area contributed by atoms with Crippen LogP contribution in [0, 0.1) is 5.92 Å². The van der Waals surface area contributed by atoms with Crippen LogP contribution >= 0.6 is 11.3 Å². The number of hydrogen-bond donors (Lipinski definition) is 1. The zero-order valence-corrected chi connectivity index (χ0v) is 15.5. The lowest BCUT2D eigenvalue weighted by atomic mass is 9.78. The van der Waals surface area contributed by atoms with E-state index < -0.39 is 5.60 Å². The molecule has 0 aromatic carbocycles. The minimum Gasteiger partial charge on any atom is -0.384 e. The van der Waals surface area contributed by atoms with E-state index >= 15 is 0 Å². The second-order valence-electron chi connectivity index (χ2n) is 7.43. The number of nitrogens with zero attached hydrogens (tertiary/aromatic N) is 3. The van der Waals surface area contributed by atoms with E-state index in [0.29, 0.717) is 0 Å². The average molecular weight is 358 g/mol. The summed E-state index contributed by atoms with van der Waals surface area (Å²) in [6.07, 6.45) is 5.96. The number of pyridine rings is 1. The quantitative estimate of drug-likeness (QED) is 0.911.